The maximum atomic E-state index is 5.23. The predicted octanol–water partition coefficient (Wildman–Crippen LogP) is 34.7. The van der Waals surface area contributed by atoms with E-state index in [9.17, 15) is 0 Å². The number of rotatable bonds is 12. The van der Waals surface area contributed by atoms with Crippen molar-refractivity contribution in [2.45, 2.75) is 19.3 Å². The molecule has 13 heteroatoms. The molecule has 0 saturated heterocycles. The summed E-state index contributed by atoms with van der Waals surface area (Å²) in [5.41, 5.74) is 35.5. The number of fused-ring (bicyclic) bond motifs is 24. The molecule has 1 aliphatic carbocycles. The van der Waals surface area contributed by atoms with Gasteiger partial charge in [0.25, 0.3) is 0 Å². The summed E-state index contributed by atoms with van der Waals surface area (Å²) >= 11 is 1.82. The molecule has 1 aliphatic rings. The molecule has 0 fully saturated rings. The summed E-state index contributed by atoms with van der Waals surface area (Å²) < 4.78 is 16.3. The average Bonchev–Trinajstić information content (AvgIpc) is 1.58. The summed E-state index contributed by atoms with van der Waals surface area (Å²) in [6.45, 7) is 4.67. The van der Waals surface area contributed by atoms with E-state index in [1.54, 1.807) is 0 Å². The summed E-state index contributed by atoms with van der Waals surface area (Å²) in [6.07, 6.45) is 5.63. The van der Waals surface area contributed by atoms with Crippen LogP contribution in [0.5, 0.6) is 0 Å². The fourth-order valence-corrected chi connectivity index (χ4v) is 24.6. The number of nitrogens with zero attached hydrogens (tertiary/aromatic N) is 12. The maximum Gasteiger partial charge on any atom is 0.235 e. The molecule has 0 bridgehead atoms. The van der Waals surface area contributed by atoms with E-state index in [4.69, 9.17) is 29.9 Å². The van der Waals surface area contributed by atoms with E-state index in [1.165, 1.54) is 157 Å². The largest absolute Gasteiger partial charge is 0.309 e. The van der Waals surface area contributed by atoms with E-state index < -0.39 is 0 Å². The Morgan fingerprint density at radius 2 is 0.466 bits per heavy atom. The minimum absolute atomic E-state index is 0.0480. The first-order valence-corrected chi connectivity index (χ1v) is 51.1. The number of hydrogen-bond donors (Lipinski definition) is 0. The summed E-state index contributed by atoms with van der Waals surface area (Å²) in [7, 11) is 0. The predicted molar refractivity (Wildman–Crippen MR) is 615 cm³/mol. The lowest BCUT2D eigenvalue weighted by Gasteiger charge is -2.22. The zero-order chi connectivity index (χ0) is 97.8. The third-order valence-corrected chi connectivity index (χ3v) is 31.5. The average molecular weight is 1910 g/mol. The first kappa shape index (κ1) is 85.4. The third-order valence-electron chi connectivity index (χ3n) is 30.3. The first-order chi connectivity index (χ1) is 73.2. The zero-order valence-electron chi connectivity index (χ0n) is 80.6. The van der Waals surface area contributed by atoms with Crippen LogP contribution in [0.25, 0.3) is 264 Å². The quantitative estimate of drug-likeness (QED) is 0.121. The van der Waals surface area contributed by atoms with Crippen molar-refractivity contribution < 1.29 is 0 Å². The molecule has 0 atom stereocenters. The molecule has 30 aromatic rings. The molecule has 148 heavy (non-hydrogen) atoms. The van der Waals surface area contributed by atoms with E-state index in [1.807, 2.05) is 54.2 Å². The number of para-hydroxylation sites is 9. The van der Waals surface area contributed by atoms with Crippen LogP contribution in [0.2, 0.25) is 0 Å². The van der Waals surface area contributed by atoms with Gasteiger partial charge in [0.05, 0.1) is 83.3 Å². The minimum Gasteiger partial charge on any atom is -0.309 e. The Hall–Kier alpha value is -19.3. The molecule has 0 spiro atoms. The molecular weight excluding hydrogens is 1820 g/mol. The van der Waals surface area contributed by atoms with Crippen molar-refractivity contribution >= 4 is 162 Å². The van der Waals surface area contributed by atoms with Crippen LogP contribution in [0.4, 0.5) is 0 Å². The van der Waals surface area contributed by atoms with Crippen molar-refractivity contribution in [1.29, 1.82) is 0 Å². The molecular formula is C135H88N12S. The van der Waals surface area contributed by atoms with Gasteiger partial charge in [0.2, 0.25) is 17.8 Å². The van der Waals surface area contributed by atoms with Crippen LogP contribution >= 0.6 is 11.3 Å². The van der Waals surface area contributed by atoms with E-state index in [0.29, 0.717) is 17.8 Å². The Balaban J connectivity index is 0.000000105. The molecule has 694 valence electrons. The fraction of sp³-hybridized carbons (Fsp3) is 0.0222. The first-order valence-electron chi connectivity index (χ1n) is 50.3. The van der Waals surface area contributed by atoms with Crippen LogP contribution in [0.3, 0.4) is 0 Å². The summed E-state index contributed by atoms with van der Waals surface area (Å²) in [4.78, 5) is 30.1. The van der Waals surface area contributed by atoms with Crippen molar-refractivity contribution in [3.05, 3.63) is 509 Å². The zero-order valence-corrected chi connectivity index (χ0v) is 81.4. The van der Waals surface area contributed by atoms with Gasteiger partial charge >= 0.3 is 0 Å². The van der Waals surface area contributed by atoms with Crippen LogP contribution in [0.1, 0.15) is 25.0 Å². The van der Waals surface area contributed by atoms with Crippen molar-refractivity contribution in [2.75, 3.05) is 0 Å². The summed E-state index contributed by atoms with van der Waals surface area (Å²) in [6, 6.07) is 171. The van der Waals surface area contributed by atoms with Crippen LogP contribution in [-0.4, -0.2) is 57.3 Å². The van der Waals surface area contributed by atoms with Crippen molar-refractivity contribution in [2.24, 2.45) is 0 Å². The van der Waals surface area contributed by atoms with E-state index >= 15 is 0 Å². The van der Waals surface area contributed by atoms with Gasteiger partial charge < -0.3 is 13.7 Å². The molecule has 20 aromatic carbocycles. The van der Waals surface area contributed by atoms with Gasteiger partial charge in [-0.2, -0.15) is 0 Å². The Kier molecular flexibility index (Phi) is 19.9. The Labute approximate surface area is 854 Å². The van der Waals surface area contributed by atoms with Gasteiger partial charge in [0.15, 0.2) is 0 Å². The van der Waals surface area contributed by atoms with E-state index in [-0.39, 0.29) is 5.41 Å². The second-order valence-corrected chi connectivity index (χ2v) is 39.9. The molecule has 0 aliphatic heterocycles. The van der Waals surface area contributed by atoms with E-state index in [2.05, 4.69) is 496 Å². The molecule has 31 rings (SSSR count). The second kappa shape index (κ2) is 34.5. The summed E-state index contributed by atoms with van der Waals surface area (Å²) in [5, 5.41) is 17.1. The van der Waals surface area contributed by atoms with Crippen LogP contribution in [0.15, 0.2) is 498 Å². The maximum absolute atomic E-state index is 5.23. The molecule has 0 radical (unpaired) electrons. The lowest BCUT2D eigenvalue weighted by Crippen LogP contribution is -2.14. The van der Waals surface area contributed by atoms with Gasteiger partial charge in [-0.3, -0.25) is 13.7 Å². The highest BCUT2D eigenvalue weighted by atomic mass is 32.1. The molecule has 0 N–H and O–H groups in total. The van der Waals surface area contributed by atoms with Crippen molar-refractivity contribution in [3.63, 3.8) is 0 Å². The van der Waals surface area contributed by atoms with Gasteiger partial charge in [-0.15, -0.1) is 11.3 Å². The molecule has 12 nitrogen and oxygen atoms in total. The topological polar surface area (TPSA) is 107 Å². The lowest BCUT2D eigenvalue weighted by atomic mass is 9.81. The molecule has 0 unspecified atom stereocenters. The van der Waals surface area contributed by atoms with Gasteiger partial charge in [0, 0.05) is 143 Å². The fourth-order valence-electron chi connectivity index (χ4n) is 23.4. The Bertz CT molecular complexity index is 10500. The highest BCUT2D eigenvalue weighted by Gasteiger charge is 2.36. The van der Waals surface area contributed by atoms with Gasteiger partial charge in [-0.05, 0) is 207 Å². The third kappa shape index (κ3) is 13.9. The van der Waals surface area contributed by atoms with Crippen LogP contribution in [-0.2, 0) is 5.41 Å². The summed E-state index contributed by atoms with van der Waals surface area (Å²) in [5.74, 6) is 1.97. The normalized spacial score (nSPS) is 12.3. The number of benzene rings is 20. The Morgan fingerprint density at radius 3 is 0.899 bits per heavy atom. The Morgan fingerprint density at radius 1 is 0.182 bits per heavy atom. The molecule has 10 aromatic heterocycles. The smallest absolute Gasteiger partial charge is 0.235 e. The van der Waals surface area contributed by atoms with Crippen LogP contribution in [0, 0.1) is 0 Å². The lowest BCUT2D eigenvalue weighted by molar-refractivity contribution is 0.660. The number of aromatic nitrogens is 12. The number of thiophene rings is 1. The highest BCUT2D eigenvalue weighted by molar-refractivity contribution is 7.26. The highest BCUT2D eigenvalue weighted by Crippen LogP contribution is 2.51. The van der Waals surface area contributed by atoms with Gasteiger partial charge in [-0.25, -0.2) is 29.9 Å². The van der Waals surface area contributed by atoms with Crippen molar-refractivity contribution in [3.8, 4) is 113 Å². The molecule has 10 heterocycles. The SMILES string of the molecule is CC1(C)c2ccccc2-c2ccc(-c3cccc(-c4ccnc(-n5c6ccccc6c6cc(-n7c8ccccc8c8ccccc87)ccc65)n4)c3)cc21.c1ccc(-c2ccc(-c3cccc(-c4ccnc(-n5c6ccccc6c6cc(-n7c8ccccc8c8ccccc87)ccc65)n4)c3)cc2)cc1.c1ccc2c(c1)sc1c(-c3ccnc(-n4c5ccccc5c5cc(-n6c7ccccc7c7ccccc76)ccc54)n3)cccc12. The molecule has 0 amide bonds. The monoisotopic (exact) mass is 1910 g/mol. The van der Waals surface area contributed by atoms with Gasteiger partial charge in [0.1, 0.15) is 0 Å². The van der Waals surface area contributed by atoms with Crippen molar-refractivity contribution in [1.82, 2.24) is 57.3 Å². The van der Waals surface area contributed by atoms with Gasteiger partial charge in [-0.1, -0.05) is 341 Å². The minimum atomic E-state index is -0.0480. The van der Waals surface area contributed by atoms with E-state index in [0.717, 1.165) is 100 Å². The van der Waals surface area contributed by atoms with Crippen LogP contribution < -0.4 is 0 Å². The molecule has 0 saturated carbocycles. The second-order valence-electron chi connectivity index (χ2n) is 38.8. The standard InChI is InChI=1S/C49H34N4.C46H30N4.C40H24N4S/c1-49(2)41-18-7-3-14-35(41)36-24-22-32(29-42(36)49)31-12-11-13-33(28-31)43-26-27-50-48(51-43)53-46-21-10-6-17-39(46)40-30-34(23-25-47(40)53)52-44-19-8-4-15-37(44)38-16-5-9-20-45(38)52;1-2-11-31(12-3-1)32-21-23-33(24-22-32)34-13-10-14-35(29-34)41-27-28-47-46(48-41)50-44-20-9-6-17-39(44)40-30-36(25-26-45(40)50)49-42-18-7-4-15-37(42)38-16-5-8-19-43(38)49;1-5-16-34-26(10-1)27-11-2-6-17-35(27)43(34)25-20-21-37-32(24-25)28-12-3-7-18-36(28)44(37)40-41-23-22-33(42-40)31-15-9-14-30-29-13-4-8-19-38(29)45-39(30)31/h3-30H,1-2H3;1-30H;1-24H. The number of hydrogen-bond acceptors (Lipinski definition) is 7.